The summed E-state index contributed by atoms with van der Waals surface area (Å²) in [5.41, 5.74) is 4.37. The molecule has 0 spiro atoms. The van der Waals surface area contributed by atoms with Crippen molar-refractivity contribution < 1.29 is 19.7 Å². The van der Waals surface area contributed by atoms with Crippen LogP contribution in [-0.2, 0) is 0 Å². The second kappa shape index (κ2) is 13.3. The van der Waals surface area contributed by atoms with E-state index in [2.05, 4.69) is 68.5 Å². The SMILES string of the molecule is CN(C)C=Cc1n(N=Cc2ccc(N(C)C)cc2)cc[n+]1N=Cc1ccc(N(C)C)cc1.O=C([O-])O. The number of anilines is 2. The average Bonchev–Trinajstić information content (AvgIpc) is 3.21. The van der Waals surface area contributed by atoms with E-state index in [1.54, 1.807) is 0 Å². The van der Waals surface area contributed by atoms with Gasteiger partial charge in [0.2, 0.25) is 6.16 Å². The Bertz CT molecular complexity index is 1110. The molecule has 0 aliphatic carbocycles. The minimum atomic E-state index is -2.08. The first-order valence-corrected chi connectivity index (χ1v) is 11.1. The molecule has 10 heteroatoms. The summed E-state index contributed by atoms with van der Waals surface area (Å²) in [5.74, 6) is 0.834. The van der Waals surface area contributed by atoms with Crippen LogP contribution in [0, 0.1) is 0 Å². The van der Waals surface area contributed by atoms with Crippen molar-refractivity contribution in [2.45, 2.75) is 0 Å². The molecule has 0 saturated carbocycles. The van der Waals surface area contributed by atoms with E-state index in [-0.39, 0.29) is 0 Å². The molecule has 10 nitrogen and oxygen atoms in total. The third-order valence-electron chi connectivity index (χ3n) is 4.82. The lowest BCUT2D eigenvalue weighted by atomic mass is 10.2. The van der Waals surface area contributed by atoms with Gasteiger partial charge in [-0.15, -0.1) is 0 Å². The molecule has 190 valence electrons. The zero-order valence-corrected chi connectivity index (χ0v) is 21.5. The van der Waals surface area contributed by atoms with Crippen molar-refractivity contribution in [2.24, 2.45) is 10.2 Å². The maximum atomic E-state index is 8.44. The fourth-order valence-electron chi connectivity index (χ4n) is 2.92. The first-order chi connectivity index (χ1) is 17.1. The minimum absolute atomic E-state index is 0.834. The molecule has 0 fully saturated rings. The molecule has 0 atom stereocenters. The summed E-state index contributed by atoms with van der Waals surface area (Å²) in [7, 11) is 12.1. The molecular formula is C26H33N7O3. The Balaban J connectivity index is 0.00000106. The van der Waals surface area contributed by atoms with Crippen molar-refractivity contribution in [1.82, 2.24) is 9.58 Å². The van der Waals surface area contributed by atoms with Crippen LogP contribution in [-0.4, -0.2) is 75.6 Å². The first kappa shape index (κ1) is 27.6. The van der Waals surface area contributed by atoms with Gasteiger partial charge in [-0.1, -0.05) is 43.8 Å². The van der Waals surface area contributed by atoms with Gasteiger partial charge >= 0.3 is 5.82 Å². The smallest absolute Gasteiger partial charge is 0.334 e. The fourth-order valence-corrected chi connectivity index (χ4v) is 2.92. The Morgan fingerprint density at radius 2 is 1.36 bits per heavy atom. The van der Waals surface area contributed by atoms with E-state index in [9.17, 15) is 0 Å². The second-order valence-corrected chi connectivity index (χ2v) is 8.35. The minimum Gasteiger partial charge on any atom is -0.565 e. The van der Waals surface area contributed by atoms with Crippen LogP contribution >= 0.6 is 0 Å². The molecule has 0 radical (unpaired) electrons. The predicted molar refractivity (Wildman–Crippen MR) is 143 cm³/mol. The van der Waals surface area contributed by atoms with E-state index in [1.807, 2.05) is 93.6 Å². The van der Waals surface area contributed by atoms with Gasteiger partial charge in [-0.3, -0.25) is 0 Å². The van der Waals surface area contributed by atoms with Crippen LogP contribution in [0.3, 0.4) is 0 Å². The molecule has 0 aliphatic heterocycles. The molecule has 0 saturated heterocycles. The average molecular weight is 492 g/mol. The lowest BCUT2D eigenvalue weighted by molar-refractivity contribution is -0.679. The zero-order valence-electron chi connectivity index (χ0n) is 21.5. The van der Waals surface area contributed by atoms with E-state index < -0.39 is 6.16 Å². The molecular weight excluding hydrogens is 458 g/mol. The van der Waals surface area contributed by atoms with E-state index >= 15 is 0 Å². The number of rotatable bonds is 8. The topological polar surface area (TPSA) is 104 Å². The number of carboxylic acid groups (broad SMARTS) is 2. The van der Waals surface area contributed by atoms with Gasteiger partial charge < -0.3 is 29.7 Å². The van der Waals surface area contributed by atoms with Crippen molar-refractivity contribution in [3.8, 4) is 0 Å². The third-order valence-corrected chi connectivity index (χ3v) is 4.82. The van der Waals surface area contributed by atoms with Crippen LogP contribution in [0.15, 0.2) is 77.3 Å². The van der Waals surface area contributed by atoms with Crippen molar-refractivity contribution in [2.75, 3.05) is 52.1 Å². The van der Waals surface area contributed by atoms with Crippen LogP contribution in [0.5, 0.6) is 0 Å². The quantitative estimate of drug-likeness (QED) is 0.382. The van der Waals surface area contributed by atoms with Gasteiger partial charge in [-0.25, -0.2) is 0 Å². The number of carbonyl (C=O) groups is 1. The molecule has 0 unspecified atom stereocenters. The van der Waals surface area contributed by atoms with E-state index in [4.69, 9.17) is 15.0 Å². The summed E-state index contributed by atoms with van der Waals surface area (Å²) in [4.78, 5) is 14.6. The largest absolute Gasteiger partial charge is 0.565 e. The number of benzene rings is 2. The van der Waals surface area contributed by atoms with Crippen LogP contribution in [0.2, 0.25) is 0 Å². The van der Waals surface area contributed by atoms with Gasteiger partial charge in [0.25, 0.3) is 0 Å². The van der Waals surface area contributed by atoms with Gasteiger partial charge in [0, 0.05) is 65.9 Å². The number of nitrogens with zero attached hydrogens (tertiary/aromatic N) is 7. The van der Waals surface area contributed by atoms with Crippen molar-refractivity contribution >= 4 is 36.0 Å². The van der Waals surface area contributed by atoms with Crippen molar-refractivity contribution in [3.63, 3.8) is 0 Å². The summed E-state index contributed by atoms with van der Waals surface area (Å²) in [6.07, 6.45) is 9.37. The highest BCUT2D eigenvalue weighted by atomic mass is 16.6. The highest BCUT2D eigenvalue weighted by Crippen LogP contribution is 2.12. The van der Waals surface area contributed by atoms with Crippen LogP contribution < -0.4 is 19.6 Å². The fraction of sp³-hybridized carbons (Fsp3) is 0.231. The molecule has 2 aromatic carbocycles. The molecule has 3 rings (SSSR count). The van der Waals surface area contributed by atoms with Gasteiger partial charge in [0.1, 0.15) is 0 Å². The Morgan fingerprint density at radius 3 is 1.81 bits per heavy atom. The molecule has 1 heterocycles. The molecule has 3 aromatic rings. The van der Waals surface area contributed by atoms with Crippen LogP contribution in [0.4, 0.5) is 16.2 Å². The van der Waals surface area contributed by atoms with E-state index in [1.165, 1.54) is 0 Å². The highest BCUT2D eigenvalue weighted by molar-refractivity contribution is 5.80. The standard InChI is InChI=1S/C25H32N7.CH2O3/c1-28(2)16-15-25-31(26-19-21-7-11-23(12-8-21)29(3)4)17-18-32(25)27-20-22-9-13-24(14-10-22)30(5)6;2-1(3)4/h7-20H,1-6H3;(H2,2,3,4)/q+1;/p-1. The number of aromatic nitrogens is 2. The Hall–Kier alpha value is -4.60. The van der Waals surface area contributed by atoms with Crippen molar-refractivity contribution in [3.05, 3.63) is 84.1 Å². The summed E-state index contributed by atoms with van der Waals surface area (Å²) in [5, 5.41) is 24.6. The molecule has 1 N–H and O–H groups in total. The normalized spacial score (nSPS) is 11.1. The Labute approximate surface area is 211 Å². The van der Waals surface area contributed by atoms with Crippen LogP contribution in [0.25, 0.3) is 6.08 Å². The highest BCUT2D eigenvalue weighted by Gasteiger charge is 2.14. The number of hydrogen-bond donors (Lipinski definition) is 1. The number of imidazole rings is 1. The summed E-state index contributed by atoms with van der Waals surface area (Å²) >= 11 is 0. The molecule has 36 heavy (non-hydrogen) atoms. The van der Waals surface area contributed by atoms with Gasteiger partial charge in [-0.05, 0) is 35.4 Å². The number of hydrogen-bond acceptors (Lipinski definition) is 7. The zero-order chi connectivity index (χ0) is 26.7. The first-order valence-electron chi connectivity index (χ1n) is 11.1. The van der Waals surface area contributed by atoms with Crippen molar-refractivity contribution in [1.29, 1.82) is 0 Å². The van der Waals surface area contributed by atoms with Gasteiger partial charge in [0.15, 0.2) is 12.4 Å². The third kappa shape index (κ3) is 8.98. The predicted octanol–water partition coefficient (Wildman–Crippen LogP) is 2.09. The molecule has 1 aromatic heterocycles. The summed E-state index contributed by atoms with van der Waals surface area (Å²) in [6.45, 7) is 0. The summed E-state index contributed by atoms with van der Waals surface area (Å²) in [6, 6.07) is 16.5. The lowest BCUT2D eigenvalue weighted by Crippen LogP contribution is -2.29. The van der Waals surface area contributed by atoms with Gasteiger partial charge in [-0.2, -0.15) is 0 Å². The van der Waals surface area contributed by atoms with Crippen LogP contribution in [0.1, 0.15) is 17.0 Å². The Morgan fingerprint density at radius 1 is 0.889 bits per heavy atom. The summed E-state index contributed by atoms with van der Waals surface area (Å²) < 4.78 is 3.62. The maximum absolute atomic E-state index is 8.44. The second-order valence-electron chi connectivity index (χ2n) is 8.35. The monoisotopic (exact) mass is 491 g/mol. The molecule has 0 bridgehead atoms. The maximum Gasteiger partial charge on any atom is 0.334 e. The van der Waals surface area contributed by atoms with E-state index in [0.29, 0.717) is 0 Å². The Kier molecular flexibility index (Phi) is 10.2. The molecule has 0 amide bonds. The lowest BCUT2D eigenvalue weighted by Gasteiger charge is -2.11. The van der Waals surface area contributed by atoms with Gasteiger partial charge in [0.05, 0.1) is 12.4 Å². The van der Waals surface area contributed by atoms with E-state index in [0.717, 1.165) is 28.3 Å². The molecule has 0 aliphatic rings.